The van der Waals surface area contributed by atoms with E-state index in [4.69, 9.17) is 9.52 Å². The molecule has 2 aromatic rings. The maximum absolute atomic E-state index is 10.4. The highest BCUT2D eigenvalue weighted by atomic mass is 16.4. The summed E-state index contributed by atoms with van der Waals surface area (Å²) in [6.45, 7) is 0. The van der Waals surface area contributed by atoms with Crippen molar-refractivity contribution >= 4 is 17.1 Å². The number of carboxylic acids is 1. The zero-order valence-electron chi connectivity index (χ0n) is 7.43. The van der Waals surface area contributed by atoms with Crippen LogP contribution in [0.15, 0.2) is 29.0 Å². The lowest BCUT2D eigenvalue weighted by atomic mass is 10.1. The van der Waals surface area contributed by atoms with Crippen LogP contribution in [-0.2, 0) is 11.2 Å². The van der Waals surface area contributed by atoms with Crippen molar-refractivity contribution in [2.45, 2.75) is 12.8 Å². The van der Waals surface area contributed by atoms with Gasteiger partial charge in [0, 0.05) is 23.6 Å². The molecule has 0 aliphatic heterocycles. The Labute approximate surface area is 80.2 Å². The highest BCUT2D eigenvalue weighted by Gasteiger charge is 2.07. The number of aryl methyl sites for hydroxylation is 1. The number of hydrogen-bond donors (Lipinski definition) is 1. The van der Waals surface area contributed by atoms with Crippen LogP contribution in [0, 0.1) is 0 Å². The van der Waals surface area contributed by atoms with Crippen LogP contribution in [-0.4, -0.2) is 16.1 Å². The zero-order chi connectivity index (χ0) is 9.97. The van der Waals surface area contributed by atoms with Crippen LogP contribution >= 0.6 is 0 Å². The van der Waals surface area contributed by atoms with E-state index in [0.717, 1.165) is 10.9 Å². The van der Waals surface area contributed by atoms with Gasteiger partial charge in [-0.3, -0.25) is 4.79 Å². The second kappa shape index (κ2) is 3.49. The van der Waals surface area contributed by atoms with Gasteiger partial charge in [0.2, 0.25) is 5.71 Å². The SMILES string of the molecule is O=C(O)CCc1coc2ncccc12. The van der Waals surface area contributed by atoms with Crippen molar-refractivity contribution in [3.63, 3.8) is 0 Å². The molecule has 0 bridgehead atoms. The van der Waals surface area contributed by atoms with Crippen LogP contribution in [0.2, 0.25) is 0 Å². The number of pyridine rings is 1. The van der Waals surface area contributed by atoms with Gasteiger partial charge < -0.3 is 9.52 Å². The van der Waals surface area contributed by atoms with Gasteiger partial charge in [-0.1, -0.05) is 0 Å². The van der Waals surface area contributed by atoms with Crippen molar-refractivity contribution < 1.29 is 14.3 Å². The van der Waals surface area contributed by atoms with E-state index in [1.54, 1.807) is 12.5 Å². The number of rotatable bonds is 3. The summed E-state index contributed by atoms with van der Waals surface area (Å²) in [5, 5.41) is 9.44. The Morgan fingerprint density at radius 2 is 2.43 bits per heavy atom. The summed E-state index contributed by atoms with van der Waals surface area (Å²) < 4.78 is 5.18. The first-order chi connectivity index (χ1) is 6.77. The van der Waals surface area contributed by atoms with E-state index in [9.17, 15) is 4.79 Å². The molecule has 0 aliphatic rings. The van der Waals surface area contributed by atoms with E-state index >= 15 is 0 Å². The molecule has 4 nitrogen and oxygen atoms in total. The second-order valence-corrected chi connectivity index (χ2v) is 3.01. The number of carboxylic acid groups (broad SMARTS) is 1. The van der Waals surface area contributed by atoms with E-state index in [1.165, 1.54) is 0 Å². The van der Waals surface area contributed by atoms with Crippen molar-refractivity contribution in [3.8, 4) is 0 Å². The van der Waals surface area contributed by atoms with Crippen LogP contribution in [0.3, 0.4) is 0 Å². The summed E-state index contributed by atoms with van der Waals surface area (Å²) >= 11 is 0. The standard InChI is InChI=1S/C10H9NO3/c12-9(13)4-3-7-6-14-10-8(7)2-1-5-11-10/h1-2,5-6H,3-4H2,(H,12,13). The molecule has 4 heteroatoms. The average Bonchev–Trinajstić information content (AvgIpc) is 2.58. The van der Waals surface area contributed by atoms with Crippen LogP contribution in [0.25, 0.3) is 11.1 Å². The molecular weight excluding hydrogens is 182 g/mol. The van der Waals surface area contributed by atoms with E-state index < -0.39 is 5.97 Å². The normalized spacial score (nSPS) is 10.6. The summed E-state index contributed by atoms with van der Waals surface area (Å²) in [4.78, 5) is 14.4. The van der Waals surface area contributed by atoms with Gasteiger partial charge >= 0.3 is 5.97 Å². The number of aromatic nitrogens is 1. The van der Waals surface area contributed by atoms with Crippen LogP contribution < -0.4 is 0 Å². The number of nitrogens with zero attached hydrogens (tertiary/aromatic N) is 1. The molecule has 14 heavy (non-hydrogen) atoms. The van der Waals surface area contributed by atoms with Gasteiger partial charge in [-0.2, -0.15) is 0 Å². The fourth-order valence-corrected chi connectivity index (χ4v) is 1.35. The molecule has 0 saturated carbocycles. The van der Waals surface area contributed by atoms with Gasteiger partial charge in [0.25, 0.3) is 0 Å². The lowest BCUT2D eigenvalue weighted by Crippen LogP contribution is -1.96. The third-order valence-electron chi connectivity index (χ3n) is 2.04. The van der Waals surface area contributed by atoms with Gasteiger partial charge in [0.15, 0.2) is 0 Å². The summed E-state index contributed by atoms with van der Waals surface area (Å²) in [7, 11) is 0. The molecule has 0 radical (unpaired) electrons. The number of fused-ring (bicyclic) bond motifs is 1. The maximum Gasteiger partial charge on any atom is 0.303 e. The summed E-state index contributed by atoms with van der Waals surface area (Å²) in [5.74, 6) is -0.803. The van der Waals surface area contributed by atoms with Crippen molar-refractivity contribution in [2.24, 2.45) is 0 Å². The zero-order valence-corrected chi connectivity index (χ0v) is 7.43. The second-order valence-electron chi connectivity index (χ2n) is 3.01. The Morgan fingerprint density at radius 1 is 1.57 bits per heavy atom. The molecule has 0 unspecified atom stereocenters. The molecule has 2 rings (SSSR count). The van der Waals surface area contributed by atoms with Crippen molar-refractivity contribution in [2.75, 3.05) is 0 Å². The van der Waals surface area contributed by atoms with Crippen LogP contribution in [0.5, 0.6) is 0 Å². The third kappa shape index (κ3) is 1.59. The highest BCUT2D eigenvalue weighted by Crippen LogP contribution is 2.19. The number of aliphatic carboxylic acids is 1. The van der Waals surface area contributed by atoms with E-state index in [1.807, 2.05) is 12.1 Å². The molecule has 2 aromatic heterocycles. The van der Waals surface area contributed by atoms with Crippen LogP contribution in [0.4, 0.5) is 0 Å². The highest BCUT2D eigenvalue weighted by molar-refractivity contribution is 5.78. The molecule has 0 atom stereocenters. The molecule has 0 amide bonds. The van der Waals surface area contributed by atoms with Crippen molar-refractivity contribution in [3.05, 3.63) is 30.2 Å². The molecule has 0 spiro atoms. The molecule has 72 valence electrons. The summed E-state index contributed by atoms with van der Waals surface area (Å²) in [6, 6.07) is 3.69. The largest absolute Gasteiger partial charge is 0.481 e. The molecule has 0 aromatic carbocycles. The number of furan rings is 1. The van der Waals surface area contributed by atoms with Crippen molar-refractivity contribution in [1.82, 2.24) is 4.98 Å². The Kier molecular flexibility index (Phi) is 2.18. The lowest BCUT2D eigenvalue weighted by molar-refractivity contribution is -0.136. The van der Waals surface area contributed by atoms with Gasteiger partial charge in [-0.05, 0) is 18.6 Å². The van der Waals surface area contributed by atoms with Gasteiger partial charge in [-0.25, -0.2) is 4.98 Å². The smallest absolute Gasteiger partial charge is 0.303 e. The van der Waals surface area contributed by atoms with Gasteiger partial charge in [0.05, 0.1) is 6.26 Å². The summed E-state index contributed by atoms with van der Waals surface area (Å²) in [6.07, 6.45) is 3.81. The molecule has 2 heterocycles. The van der Waals surface area contributed by atoms with Crippen LogP contribution in [0.1, 0.15) is 12.0 Å². The summed E-state index contributed by atoms with van der Waals surface area (Å²) in [5.41, 5.74) is 1.46. The van der Waals surface area contributed by atoms with Gasteiger partial charge in [-0.15, -0.1) is 0 Å². The minimum Gasteiger partial charge on any atom is -0.481 e. The quantitative estimate of drug-likeness (QED) is 0.804. The van der Waals surface area contributed by atoms with Gasteiger partial charge in [0.1, 0.15) is 0 Å². The predicted octanol–water partition coefficient (Wildman–Crippen LogP) is 1.84. The monoisotopic (exact) mass is 191 g/mol. The molecular formula is C10H9NO3. The Morgan fingerprint density at radius 3 is 3.21 bits per heavy atom. The first-order valence-corrected chi connectivity index (χ1v) is 4.30. The first kappa shape index (κ1) is 8.74. The number of carbonyl (C=O) groups is 1. The number of hydrogen-bond acceptors (Lipinski definition) is 3. The molecule has 0 aliphatic carbocycles. The Hall–Kier alpha value is -1.84. The topological polar surface area (TPSA) is 63.3 Å². The molecule has 1 N–H and O–H groups in total. The van der Waals surface area contributed by atoms with E-state index in [-0.39, 0.29) is 6.42 Å². The minimum atomic E-state index is -0.803. The molecule has 0 fully saturated rings. The van der Waals surface area contributed by atoms with Crippen molar-refractivity contribution in [1.29, 1.82) is 0 Å². The third-order valence-corrected chi connectivity index (χ3v) is 2.04. The fraction of sp³-hybridized carbons (Fsp3) is 0.200. The van der Waals surface area contributed by atoms with E-state index in [2.05, 4.69) is 4.98 Å². The Bertz CT molecular complexity index is 461. The molecule has 0 saturated heterocycles. The average molecular weight is 191 g/mol. The Balaban J connectivity index is 2.29. The van der Waals surface area contributed by atoms with E-state index in [0.29, 0.717) is 12.1 Å². The minimum absolute atomic E-state index is 0.115. The maximum atomic E-state index is 10.4. The fourth-order valence-electron chi connectivity index (χ4n) is 1.35. The lowest BCUT2D eigenvalue weighted by Gasteiger charge is -1.93. The predicted molar refractivity (Wildman–Crippen MR) is 50.0 cm³/mol. The first-order valence-electron chi connectivity index (χ1n) is 4.30.